The van der Waals surface area contributed by atoms with Gasteiger partial charge in [-0.2, -0.15) is 0 Å². The van der Waals surface area contributed by atoms with Crippen molar-refractivity contribution in [3.8, 4) is 0 Å². The Balaban J connectivity index is 2.25. The van der Waals surface area contributed by atoms with E-state index in [0.717, 1.165) is 12.2 Å². The van der Waals surface area contributed by atoms with Crippen LogP contribution in [0.25, 0.3) is 0 Å². The van der Waals surface area contributed by atoms with Gasteiger partial charge in [0.05, 0.1) is 12.7 Å². The summed E-state index contributed by atoms with van der Waals surface area (Å²) < 4.78 is 4.65. The number of methoxy groups -OCH3 is 1. The number of anilines is 1. The number of carbonyl (C=O) groups excluding carboxylic acids is 1. The smallest absolute Gasteiger partial charge is 0.337 e. The minimum absolute atomic E-state index is 0.291. The van der Waals surface area contributed by atoms with Gasteiger partial charge in [0.25, 0.3) is 0 Å². The van der Waals surface area contributed by atoms with E-state index in [1.54, 1.807) is 12.1 Å². The largest absolute Gasteiger partial charge is 0.465 e. The molecule has 0 amide bonds. The molecule has 1 N–H and O–H groups in total. The van der Waals surface area contributed by atoms with Gasteiger partial charge in [-0.05, 0) is 30.7 Å². The second kappa shape index (κ2) is 8.56. The molecule has 0 saturated carbocycles. The molecule has 1 aromatic rings. The maximum absolute atomic E-state index is 11.2. The van der Waals surface area contributed by atoms with Crippen molar-refractivity contribution >= 4 is 11.7 Å². The third-order valence-electron chi connectivity index (χ3n) is 2.92. The highest BCUT2D eigenvalue weighted by molar-refractivity contribution is 5.89. The van der Waals surface area contributed by atoms with E-state index in [2.05, 4.69) is 17.0 Å². The second-order valence-corrected chi connectivity index (χ2v) is 4.41. The molecular formula is C15H23NO2. The molecule has 0 bridgehead atoms. The number of esters is 1. The highest BCUT2D eigenvalue weighted by atomic mass is 16.5. The predicted octanol–water partition coefficient (Wildman–Crippen LogP) is 3.86. The van der Waals surface area contributed by atoms with Crippen LogP contribution in [0.3, 0.4) is 0 Å². The zero-order valence-electron chi connectivity index (χ0n) is 11.4. The summed E-state index contributed by atoms with van der Waals surface area (Å²) in [6, 6.07) is 7.40. The van der Waals surface area contributed by atoms with Gasteiger partial charge in [-0.15, -0.1) is 0 Å². The van der Waals surface area contributed by atoms with Gasteiger partial charge in [0.2, 0.25) is 0 Å². The topological polar surface area (TPSA) is 38.3 Å². The molecule has 0 atom stereocenters. The first-order chi connectivity index (χ1) is 8.77. The van der Waals surface area contributed by atoms with Crippen molar-refractivity contribution in [3.05, 3.63) is 29.8 Å². The van der Waals surface area contributed by atoms with Crippen LogP contribution in [0.2, 0.25) is 0 Å². The van der Waals surface area contributed by atoms with Crippen LogP contribution >= 0.6 is 0 Å². The van der Waals surface area contributed by atoms with Crippen LogP contribution in [0.15, 0.2) is 24.3 Å². The predicted molar refractivity (Wildman–Crippen MR) is 75.0 cm³/mol. The Morgan fingerprint density at radius 1 is 1.11 bits per heavy atom. The third-order valence-corrected chi connectivity index (χ3v) is 2.92. The molecule has 0 heterocycles. The molecule has 18 heavy (non-hydrogen) atoms. The van der Waals surface area contributed by atoms with E-state index in [1.807, 2.05) is 12.1 Å². The lowest BCUT2D eigenvalue weighted by molar-refractivity contribution is 0.0601. The molecule has 0 spiro atoms. The fourth-order valence-corrected chi connectivity index (χ4v) is 1.80. The van der Waals surface area contributed by atoms with Gasteiger partial charge in [-0.1, -0.05) is 32.6 Å². The number of nitrogens with one attached hydrogen (secondary N) is 1. The monoisotopic (exact) mass is 249 g/mol. The fourth-order valence-electron chi connectivity index (χ4n) is 1.80. The lowest BCUT2D eigenvalue weighted by Crippen LogP contribution is -2.03. The molecule has 100 valence electrons. The molecule has 3 nitrogen and oxygen atoms in total. The van der Waals surface area contributed by atoms with Crippen LogP contribution in [-0.4, -0.2) is 19.6 Å². The first kappa shape index (κ1) is 14.6. The van der Waals surface area contributed by atoms with E-state index >= 15 is 0 Å². The summed E-state index contributed by atoms with van der Waals surface area (Å²) in [7, 11) is 1.39. The number of hydrogen-bond donors (Lipinski definition) is 1. The molecule has 0 fully saturated rings. The molecule has 0 aliphatic rings. The zero-order chi connectivity index (χ0) is 13.2. The maximum Gasteiger partial charge on any atom is 0.337 e. The summed E-state index contributed by atoms with van der Waals surface area (Å²) in [5.41, 5.74) is 1.64. The van der Waals surface area contributed by atoms with Crippen molar-refractivity contribution in [2.24, 2.45) is 0 Å². The maximum atomic E-state index is 11.2. The van der Waals surface area contributed by atoms with Gasteiger partial charge in [0.15, 0.2) is 0 Å². The number of unbranched alkanes of at least 4 members (excludes halogenated alkanes) is 4. The quantitative estimate of drug-likeness (QED) is 0.561. The number of hydrogen-bond acceptors (Lipinski definition) is 3. The van der Waals surface area contributed by atoms with E-state index in [4.69, 9.17) is 0 Å². The Morgan fingerprint density at radius 3 is 2.39 bits per heavy atom. The minimum atomic E-state index is -0.291. The molecule has 3 heteroatoms. The first-order valence-electron chi connectivity index (χ1n) is 6.70. The van der Waals surface area contributed by atoms with Crippen LogP contribution in [0.5, 0.6) is 0 Å². The highest BCUT2D eigenvalue weighted by Crippen LogP contribution is 2.11. The first-order valence-corrected chi connectivity index (χ1v) is 6.70. The van der Waals surface area contributed by atoms with E-state index in [9.17, 15) is 4.79 Å². The molecule has 0 saturated heterocycles. The summed E-state index contributed by atoms with van der Waals surface area (Å²) in [5.74, 6) is -0.291. The molecule has 0 radical (unpaired) electrons. The fraction of sp³-hybridized carbons (Fsp3) is 0.533. The molecule has 1 aromatic carbocycles. The molecular weight excluding hydrogens is 226 g/mol. The minimum Gasteiger partial charge on any atom is -0.465 e. The van der Waals surface area contributed by atoms with Gasteiger partial charge >= 0.3 is 5.97 Å². The SMILES string of the molecule is CCCCCCCNc1ccc(C(=O)OC)cc1. The summed E-state index contributed by atoms with van der Waals surface area (Å²) in [6.07, 6.45) is 6.40. The lowest BCUT2D eigenvalue weighted by atomic mass is 10.1. The lowest BCUT2D eigenvalue weighted by Gasteiger charge is -2.07. The van der Waals surface area contributed by atoms with Crippen LogP contribution in [-0.2, 0) is 4.74 Å². The third kappa shape index (κ3) is 5.21. The van der Waals surface area contributed by atoms with Crippen LogP contribution < -0.4 is 5.32 Å². The van der Waals surface area contributed by atoms with Gasteiger partial charge in [0.1, 0.15) is 0 Å². The van der Waals surface area contributed by atoms with Crippen molar-refractivity contribution in [2.45, 2.75) is 39.0 Å². The number of ether oxygens (including phenoxy) is 1. The van der Waals surface area contributed by atoms with E-state index < -0.39 is 0 Å². The average Bonchev–Trinajstić information content (AvgIpc) is 2.42. The van der Waals surface area contributed by atoms with Crippen molar-refractivity contribution in [3.63, 3.8) is 0 Å². The Labute approximate surface area is 110 Å². The molecule has 0 aromatic heterocycles. The number of carbonyl (C=O) groups is 1. The highest BCUT2D eigenvalue weighted by Gasteiger charge is 2.03. The van der Waals surface area contributed by atoms with Crippen molar-refractivity contribution in [1.29, 1.82) is 0 Å². The van der Waals surface area contributed by atoms with Crippen molar-refractivity contribution < 1.29 is 9.53 Å². The Bertz CT molecular complexity index is 346. The van der Waals surface area contributed by atoms with Gasteiger partial charge < -0.3 is 10.1 Å². The second-order valence-electron chi connectivity index (χ2n) is 4.41. The van der Waals surface area contributed by atoms with Crippen LogP contribution in [0.1, 0.15) is 49.4 Å². The zero-order valence-corrected chi connectivity index (χ0v) is 11.4. The normalized spacial score (nSPS) is 10.1. The Kier molecular flexibility index (Phi) is 6.92. The van der Waals surface area contributed by atoms with Crippen molar-refractivity contribution in [2.75, 3.05) is 19.0 Å². The standard InChI is InChI=1S/C15H23NO2/c1-3-4-5-6-7-12-16-14-10-8-13(9-11-14)15(17)18-2/h8-11,16H,3-7,12H2,1-2H3. The number of rotatable bonds is 8. The summed E-state index contributed by atoms with van der Waals surface area (Å²) in [6.45, 7) is 3.21. The Morgan fingerprint density at radius 2 is 1.78 bits per heavy atom. The molecule has 1 rings (SSSR count). The molecule has 0 aliphatic heterocycles. The average molecular weight is 249 g/mol. The summed E-state index contributed by atoms with van der Waals surface area (Å²) >= 11 is 0. The van der Waals surface area contributed by atoms with Crippen LogP contribution in [0, 0.1) is 0 Å². The molecule has 0 aliphatic carbocycles. The van der Waals surface area contributed by atoms with Gasteiger partial charge in [-0.25, -0.2) is 4.79 Å². The van der Waals surface area contributed by atoms with Gasteiger partial charge in [0, 0.05) is 12.2 Å². The number of benzene rings is 1. The summed E-state index contributed by atoms with van der Waals surface area (Å²) in [5, 5.41) is 3.35. The molecule has 0 unspecified atom stereocenters. The van der Waals surface area contributed by atoms with Gasteiger partial charge in [-0.3, -0.25) is 0 Å². The van der Waals surface area contributed by atoms with Crippen molar-refractivity contribution in [1.82, 2.24) is 0 Å². The Hall–Kier alpha value is -1.51. The van der Waals surface area contributed by atoms with E-state index in [1.165, 1.54) is 39.2 Å². The van der Waals surface area contributed by atoms with E-state index in [-0.39, 0.29) is 5.97 Å². The summed E-state index contributed by atoms with van der Waals surface area (Å²) in [4.78, 5) is 11.2. The van der Waals surface area contributed by atoms with E-state index in [0.29, 0.717) is 5.56 Å². The van der Waals surface area contributed by atoms with Crippen LogP contribution in [0.4, 0.5) is 5.69 Å².